The highest BCUT2D eigenvalue weighted by molar-refractivity contribution is 6.33. The van der Waals surface area contributed by atoms with Crippen LogP contribution in [0.4, 0.5) is 0 Å². The van der Waals surface area contributed by atoms with Crippen molar-refractivity contribution in [3.63, 3.8) is 0 Å². The highest BCUT2D eigenvalue weighted by Crippen LogP contribution is 2.26. The van der Waals surface area contributed by atoms with Gasteiger partial charge in [0.05, 0.1) is 6.10 Å². The van der Waals surface area contributed by atoms with E-state index in [0.717, 1.165) is 41.7 Å². The van der Waals surface area contributed by atoms with E-state index in [9.17, 15) is 5.11 Å². The van der Waals surface area contributed by atoms with Crippen LogP contribution in [0, 0.1) is 5.92 Å². The van der Waals surface area contributed by atoms with E-state index in [2.05, 4.69) is 4.90 Å². The van der Waals surface area contributed by atoms with Crippen molar-refractivity contribution in [3.8, 4) is 0 Å². The van der Waals surface area contributed by atoms with E-state index in [4.69, 9.17) is 23.2 Å². The Hall–Kier alpha value is -0.280. The van der Waals surface area contributed by atoms with Gasteiger partial charge in [0.15, 0.2) is 0 Å². The molecule has 1 N–H and O–H groups in total. The van der Waals surface area contributed by atoms with Crippen LogP contribution in [0.2, 0.25) is 10.0 Å². The molecule has 1 aromatic carbocycles. The lowest BCUT2D eigenvalue weighted by atomic mass is 10.0. The molecule has 2 rings (SSSR count). The Morgan fingerprint density at radius 1 is 1.47 bits per heavy atom. The van der Waals surface area contributed by atoms with Crippen molar-refractivity contribution >= 4 is 23.2 Å². The number of aliphatic hydroxyl groups excluding tert-OH is 1. The lowest BCUT2D eigenvalue weighted by Gasteiger charge is -2.18. The summed E-state index contributed by atoms with van der Waals surface area (Å²) in [6.07, 6.45) is 0.824. The fourth-order valence-electron chi connectivity index (χ4n) is 2.31. The van der Waals surface area contributed by atoms with E-state index in [1.165, 1.54) is 0 Å². The van der Waals surface area contributed by atoms with Crippen LogP contribution in [0.3, 0.4) is 0 Å². The molecule has 2 unspecified atom stereocenters. The lowest BCUT2D eigenvalue weighted by molar-refractivity contribution is 0.127. The van der Waals surface area contributed by atoms with Gasteiger partial charge in [0.25, 0.3) is 0 Å². The lowest BCUT2D eigenvalue weighted by Crippen LogP contribution is -2.24. The molecule has 0 aliphatic carbocycles. The minimum absolute atomic E-state index is 0.227. The SMILES string of the molecule is CC(O)C1CCN(Cc2cc(Cl)ccc2Cl)C1. The summed E-state index contributed by atoms with van der Waals surface area (Å²) >= 11 is 12.1. The summed E-state index contributed by atoms with van der Waals surface area (Å²) < 4.78 is 0. The molecule has 0 spiro atoms. The van der Waals surface area contributed by atoms with E-state index in [1.54, 1.807) is 6.07 Å². The predicted molar refractivity (Wildman–Crippen MR) is 71.5 cm³/mol. The molecule has 94 valence electrons. The molecule has 4 heteroatoms. The zero-order valence-corrected chi connectivity index (χ0v) is 11.4. The molecule has 1 aromatic rings. The minimum Gasteiger partial charge on any atom is -0.393 e. The van der Waals surface area contributed by atoms with Gasteiger partial charge in [-0.25, -0.2) is 0 Å². The molecule has 1 fully saturated rings. The van der Waals surface area contributed by atoms with E-state index in [-0.39, 0.29) is 6.10 Å². The summed E-state index contributed by atoms with van der Waals surface area (Å²) in [5.41, 5.74) is 1.06. The van der Waals surface area contributed by atoms with Gasteiger partial charge in [0, 0.05) is 23.1 Å². The van der Waals surface area contributed by atoms with Gasteiger partial charge in [-0.3, -0.25) is 4.90 Å². The molecular formula is C13H17Cl2NO. The number of hydrogen-bond donors (Lipinski definition) is 1. The smallest absolute Gasteiger partial charge is 0.0552 e. The number of benzene rings is 1. The third-order valence-electron chi connectivity index (χ3n) is 3.39. The van der Waals surface area contributed by atoms with Gasteiger partial charge in [-0.15, -0.1) is 0 Å². The van der Waals surface area contributed by atoms with Gasteiger partial charge in [-0.2, -0.15) is 0 Å². The molecule has 0 bridgehead atoms. The first-order valence-electron chi connectivity index (χ1n) is 5.90. The van der Waals surface area contributed by atoms with Crippen LogP contribution < -0.4 is 0 Å². The minimum atomic E-state index is -0.227. The molecule has 2 atom stereocenters. The maximum atomic E-state index is 9.56. The molecule has 2 nitrogen and oxygen atoms in total. The average molecular weight is 274 g/mol. The monoisotopic (exact) mass is 273 g/mol. The molecule has 0 amide bonds. The Morgan fingerprint density at radius 3 is 2.88 bits per heavy atom. The van der Waals surface area contributed by atoms with E-state index >= 15 is 0 Å². The van der Waals surface area contributed by atoms with Gasteiger partial charge in [-0.05, 0) is 49.6 Å². The third kappa shape index (κ3) is 3.35. The molecule has 1 aliphatic heterocycles. The fraction of sp³-hybridized carbons (Fsp3) is 0.538. The van der Waals surface area contributed by atoms with Crippen LogP contribution in [0.1, 0.15) is 18.9 Å². The summed E-state index contributed by atoms with van der Waals surface area (Å²) in [6, 6.07) is 5.55. The topological polar surface area (TPSA) is 23.5 Å². The van der Waals surface area contributed by atoms with Crippen LogP contribution in [0.25, 0.3) is 0 Å². The summed E-state index contributed by atoms with van der Waals surface area (Å²) in [6.45, 7) is 4.61. The van der Waals surface area contributed by atoms with Crippen LogP contribution in [0.5, 0.6) is 0 Å². The number of rotatable bonds is 3. The Bertz CT molecular complexity index is 395. The van der Waals surface area contributed by atoms with Gasteiger partial charge in [0.1, 0.15) is 0 Å². The zero-order chi connectivity index (χ0) is 12.4. The highest BCUT2D eigenvalue weighted by Gasteiger charge is 2.26. The Kier molecular flexibility index (Phi) is 4.31. The third-order valence-corrected chi connectivity index (χ3v) is 4.00. The van der Waals surface area contributed by atoms with Crippen LogP contribution in [0.15, 0.2) is 18.2 Å². The highest BCUT2D eigenvalue weighted by atomic mass is 35.5. The number of nitrogens with zero attached hydrogens (tertiary/aromatic N) is 1. The van der Waals surface area contributed by atoms with Crippen molar-refractivity contribution in [2.45, 2.75) is 26.0 Å². The van der Waals surface area contributed by atoms with Crippen molar-refractivity contribution in [2.75, 3.05) is 13.1 Å². The van der Waals surface area contributed by atoms with Crippen LogP contribution in [-0.2, 0) is 6.54 Å². The molecule has 0 saturated carbocycles. The summed E-state index contributed by atoms with van der Waals surface area (Å²) in [7, 11) is 0. The van der Waals surface area contributed by atoms with Crippen molar-refractivity contribution < 1.29 is 5.11 Å². The molecular weight excluding hydrogens is 257 g/mol. The van der Waals surface area contributed by atoms with Gasteiger partial charge in [0.2, 0.25) is 0 Å². The normalized spacial score (nSPS) is 22.9. The van der Waals surface area contributed by atoms with E-state index in [0.29, 0.717) is 5.92 Å². The average Bonchev–Trinajstić information content (AvgIpc) is 2.72. The summed E-state index contributed by atoms with van der Waals surface area (Å²) in [5, 5.41) is 11.0. The second kappa shape index (κ2) is 5.57. The fourth-order valence-corrected chi connectivity index (χ4v) is 2.68. The first-order chi connectivity index (χ1) is 8.06. The molecule has 17 heavy (non-hydrogen) atoms. The molecule has 0 aromatic heterocycles. The maximum absolute atomic E-state index is 9.56. The number of halogens is 2. The van der Waals surface area contributed by atoms with Crippen molar-refractivity contribution in [3.05, 3.63) is 33.8 Å². The first-order valence-corrected chi connectivity index (χ1v) is 6.66. The Morgan fingerprint density at radius 2 is 2.24 bits per heavy atom. The van der Waals surface area contributed by atoms with E-state index < -0.39 is 0 Å². The Balaban J connectivity index is 2.00. The summed E-state index contributed by atoms with van der Waals surface area (Å²) in [5.74, 6) is 0.382. The van der Waals surface area contributed by atoms with Crippen LogP contribution in [-0.4, -0.2) is 29.2 Å². The van der Waals surface area contributed by atoms with Gasteiger partial charge < -0.3 is 5.11 Å². The maximum Gasteiger partial charge on any atom is 0.0552 e. The first kappa shape index (κ1) is 13.2. The standard InChI is InChI=1S/C13H17Cl2NO/c1-9(17)10-4-5-16(7-10)8-11-6-12(14)2-3-13(11)15/h2-3,6,9-10,17H,4-5,7-8H2,1H3. The molecule has 1 saturated heterocycles. The molecule has 1 aliphatic rings. The van der Waals surface area contributed by atoms with Crippen LogP contribution >= 0.6 is 23.2 Å². The largest absolute Gasteiger partial charge is 0.393 e. The number of hydrogen-bond acceptors (Lipinski definition) is 2. The second-order valence-electron chi connectivity index (χ2n) is 4.76. The Labute approximate surface area is 112 Å². The second-order valence-corrected chi connectivity index (χ2v) is 5.60. The predicted octanol–water partition coefficient (Wildman–Crippen LogP) is 3.20. The zero-order valence-electron chi connectivity index (χ0n) is 9.87. The van der Waals surface area contributed by atoms with Gasteiger partial charge in [-0.1, -0.05) is 23.2 Å². The van der Waals surface area contributed by atoms with Gasteiger partial charge >= 0.3 is 0 Å². The van der Waals surface area contributed by atoms with E-state index in [1.807, 2.05) is 19.1 Å². The molecule has 1 heterocycles. The quantitative estimate of drug-likeness (QED) is 0.915. The summed E-state index contributed by atoms with van der Waals surface area (Å²) in [4.78, 5) is 2.31. The number of likely N-dealkylation sites (tertiary alicyclic amines) is 1. The molecule has 0 radical (unpaired) electrons. The van der Waals surface area contributed by atoms with Crippen molar-refractivity contribution in [1.82, 2.24) is 4.90 Å². The number of aliphatic hydroxyl groups is 1. The van der Waals surface area contributed by atoms with Crippen molar-refractivity contribution in [1.29, 1.82) is 0 Å². The van der Waals surface area contributed by atoms with Crippen molar-refractivity contribution in [2.24, 2.45) is 5.92 Å².